The van der Waals surface area contributed by atoms with Crippen LogP contribution in [0.3, 0.4) is 0 Å². The maximum atomic E-state index is 13.5. The van der Waals surface area contributed by atoms with E-state index in [1.165, 1.54) is 16.8 Å². The van der Waals surface area contributed by atoms with Crippen LogP contribution >= 0.6 is 23.2 Å². The SMILES string of the molecule is Nc1ccc(-c2nnnn2-c2cc(F)cc(Cl)c2)c(Cl)c1. The molecule has 0 aliphatic rings. The zero-order valence-corrected chi connectivity index (χ0v) is 12.0. The molecule has 1 heterocycles. The Balaban J connectivity index is 2.17. The highest BCUT2D eigenvalue weighted by Gasteiger charge is 2.15. The molecule has 3 aromatic rings. The summed E-state index contributed by atoms with van der Waals surface area (Å²) in [7, 11) is 0. The lowest BCUT2D eigenvalue weighted by Crippen LogP contribution is -2.01. The molecule has 5 nitrogen and oxygen atoms in total. The lowest BCUT2D eigenvalue weighted by atomic mass is 10.2. The van der Waals surface area contributed by atoms with E-state index in [0.717, 1.165) is 0 Å². The van der Waals surface area contributed by atoms with Crippen LogP contribution in [0.1, 0.15) is 0 Å². The second-order valence-electron chi connectivity index (χ2n) is 4.28. The van der Waals surface area contributed by atoms with Gasteiger partial charge in [-0.25, -0.2) is 4.39 Å². The van der Waals surface area contributed by atoms with Gasteiger partial charge >= 0.3 is 0 Å². The summed E-state index contributed by atoms with van der Waals surface area (Å²) in [4.78, 5) is 0. The number of halogens is 3. The van der Waals surface area contributed by atoms with Crippen LogP contribution in [0.25, 0.3) is 17.1 Å². The number of rotatable bonds is 2. The van der Waals surface area contributed by atoms with Crippen molar-refractivity contribution in [2.75, 3.05) is 5.73 Å². The van der Waals surface area contributed by atoms with E-state index in [-0.39, 0.29) is 5.02 Å². The maximum Gasteiger partial charge on any atom is 0.188 e. The van der Waals surface area contributed by atoms with Gasteiger partial charge in [-0.05, 0) is 46.8 Å². The van der Waals surface area contributed by atoms with E-state index in [9.17, 15) is 4.39 Å². The van der Waals surface area contributed by atoms with E-state index in [4.69, 9.17) is 28.9 Å². The number of aromatic nitrogens is 4. The summed E-state index contributed by atoms with van der Waals surface area (Å²) in [5.41, 5.74) is 7.16. The molecule has 2 aromatic carbocycles. The van der Waals surface area contributed by atoms with Crippen LogP contribution in [-0.4, -0.2) is 20.2 Å². The van der Waals surface area contributed by atoms with Crippen molar-refractivity contribution in [2.45, 2.75) is 0 Å². The zero-order valence-electron chi connectivity index (χ0n) is 10.5. The highest BCUT2D eigenvalue weighted by Crippen LogP contribution is 2.29. The first-order valence-electron chi connectivity index (χ1n) is 5.85. The summed E-state index contributed by atoms with van der Waals surface area (Å²) in [6.07, 6.45) is 0. The van der Waals surface area contributed by atoms with Crippen molar-refractivity contribution >= 4 is 28.9 Å². The lowest BCUT2D eigenvalue weighted by Gasteiger charge is -2.07. The Bertz CT molecular complexity index is 798. The average Bonchev–Trinajstić information content (AvgIpc) is 2.86. The minimum absolute atomic E-state index is 0.245. The molecule has 0 radical (unpaired) electrons. The third-order valence-corrected chi connectivity index (χ3v) is 3.33. The highest BCUT2D eigenvalue weighted by molar-refractivity contribution is 6.33. The molecule has 8 heteroatoms. The molecule has 0 unspecified atom stereocenters. The van der Waals surface area contributed by atoms with E-state index in [1.54, 1.807) is 24.3 Å². The fourth-order valence-electron chi connectivity index (χ4n) is 1.90. The van der Waals surface area contributed by atoms with E-state index in [1.807, 2.05) is 0 Å². The number of benzene rings is 2. The third-order valence-electron chi connectivity index (χ3n) is 2.80. The molecule has 0 fully saturated rings. The van der Waals surface area contributed by atoms with E-state index in [2.05, 4.69) is 15.5 Å². The van der Waals surface area contributed by atoms with Crippen molar-refractivity contribution < 1.29 is 4.39 Å². The molecule has 0 saturated carbocycles. The standard InChI is InChI=1S/C13H8Cl2FN5/c14-7-3-8(16)5-10(4-7)21-13(18-19-20-21)11-2-1-9(17)6-12(11)15/h1-6H,17H2. The molecule has 0 aliphatic carbocycles. The summed E-state index contributed by atoms with van der Waals surface area (Å²) >= 11 is 12.0. The number of nitrogens with two attached hydrogens (primary N) is 1. The molecule has 3 rings (SSSR count). The smallest absolute Gasteiger partial charge is 0.188 e. The van der Waals surface area contributed by atoms with Crippen molar-refractivity contribution in [1.82, 2.24) is 20.2 Å². The van der Waals surface area contributed by atoms with Gasteiger partial charge in [-0.3, -0.25) is 0 Å². The Kier molecular flexibility index (Phi) is 3.48. The van der Waals surface area contributed by atoms with Crippen LogP contribution in [-0.2, 0) is 0 Å². The molecular weight excluding hydrogens is 316 g/mol. The van der Waals surface area contributed by atoms with Gasteiger partial charge in [-0.2, -0.15) is 4.68 Å². The quantitative estimate of drug-likeness (QED) is 0.734. The largest absolute Gasteiger partial charge is 0.399 e. The van der Waals surface area contributed by atoms with Gasteiger partial charge in [0, 0.05) is 16.3 Å². The first-order chi connectivity index (χ1) is 10.0. The number of hydrogen-bond acceptors (Lipinski definition) is 4. The Hall–Kier alpha value is -2.18. The van der Waals surface area contributed by atoms with Crippen molar-refractivity contribution in [2.24, 2.45) is 0 Å². The van der Waals surface area contributed by atoms with Crippen molar-refractivity contribution in [3.05, 3.63) is 52.3 Å². The van der Waals surface area contributed by atoms with Gasteiger partial charge < -0.3 is 5.73 Å². The zero-order chi connectivity index (χ0) is 15.0. The monoisotopic (exact) mass is 323 g/mol. The van der Waals surface area contributed by atoms with Crippen LogP contribution in [0, 0.1) is 5.82 Å². The van der Waals surface area contributed by atoms with Crippen LogP contribution in [0.4, 0.5) is 10.1 Å². The third kappa shape index (κ3) is 2.68. The van der Waals surface area contributed by atoms with Crippen molar-refractivity contribution in [3.8, 4) is 17.1 Å². The van der Waals surface area contributed by atoms with Crippen LogP contribution in [0.5, 0.6) is 0 Å². The molecule has 0 spiro atoms. The number of nitrogen functional groups attached to an aromatic ring is 1. The first-order valence-corrected chi connectivity index (χ1v) is 6.60. The second-order valence-corrected chi connectivity index (χ2v) is 5.12. The Labute approximate surface area is 129 Å². The number of tetrazole rings is 1. The molecule has 0 amide bonds. The van der Waals surface area contributed by atoms with Crippen LogP contribution in [0.2, 0.25) is 10.0 Å². The summed E-state index contributed by atoms with van der Waals surface area (Å²) in [5.74, 6) is -0.121. The summed E-state index contributed by atoms with van der Waals surface area (Å²) in [5, 5.41) is 12.0. The topological polar surface area (TPSA) is 69.6 Å². The minimum Gasteiger partial charge on any atom is -0.399 e. The van der Waals surface area contributed by atoms with Gasteiger partial charge in [0.1, 0.15) is 5.82 Å². The Morgan fingerprint density at radius 3 is 2.62 bits per heavy atom. The van der Waals surface area contributed by atoms with Gasteiger partial charge in [0.2, 0.25) is 0 Å². The van der Waals surface area contributed by atoms with Crippen molar-refractivity contribution in [1.29, 1.82) is 0 Å². The van der Waals surface area contributed by atoms with Crippen LogP contribution in [0.15, 0.2) is 36.4 Å². The molecule has 21 heavy (non-hydrogen) atoms. The summed E-state index contributed by atoms with van der Waals surface area (Å²) in [6, 6.07) is 8.99. The number of anilines is 1. The average molecular weight is 324 g/mol. The van der Waals surface area contributed by atoms with Crippen LogP contribution < -0.4 is 5.73 Å². The predicted molar refractivity (Wildman–Crippen MR) is 79.0 cm³/mol. The predicted octanol–water partition coefficient (Wildman–Crippen LogP) is 3.36. The molecular formula is C13H8Cl2FN5. The summed E-state index contributed by atoms with van der Waals surface area (Å²) < 4.78 is 14.8. The second kappa shape index (κ2) is 5.31. The van der Waals surface area contributed by atoms with Crippen molar-refractivity contribution in [3.63, 3.8) is 0 Å². The van der Waals surface area contributed by atoms with Gasteiger partial charge in [0.25, 0.3) is 0 Å². The highest BCUT2D eigenvalue weighted by atomic mass is 35.5. The molecule has 106 valence electrons. The Morgan fingerprint density at radius 1 is 1.10 bits per heavy atom. The van der Waals surface area contributed by atoms with E-state index < -0.39 is 5.82 Å². The lowest BCUT2D eigenvalue weighted by molar-refractivity contribution is 0.625. The minimum atomic E-state index is -0.484. The molecule has 0 aliphatic heterocycles. The normalized spacial score (nSPS) is 10.8. The molecule has 0 bridgehead atoms. The van der Waals surface area contributed by atoms with E-state index >= 15 is 0 Å². The van der Waals surface area contributed by atoms with E-state index in [0.29, 0.717) is 27.8 Å². The number of nitrogens with zero attached hydrogens (tertiary/aromatic N) is 4. The molecule has 1 aromatic heterocycles. The van der Waals surface area contributed by atoms with Gasteiger partial charge in [0.05, 0.1) is 10.7 Å². The maximum absolute atomic E-state index is 13.5. The van der Waals surface area contributed by atoms with Gasteiger partial charge in [-0.15, -0.1) is 5.10 Å². The molecule has 2 N–H and O–H groups in total. The Morgan fingerprint density at radius 2 is 1.90 bits per heavy atom. The molecule has 0 saturated heterocycles. The molecule has 0 atom stereocenters. The summed E-state index contributed by atoms with van der Waals surface area (Å²) in [6.45, 7) is 0. The van der Waals surface area contributed by atoms with Gasteiger partial charge in [0.15, 0.2) is 5.82 Å². The fraction of sp³-hybridized carbons (Fsp3) is 0. The first kappa shape index (κ1) is 13.8. The number of hydrogen-bond donors (Lipinski definition) is 1. The van der Waals surface area contributed by atoms with Gasteiger partial charge in [-0.1, -0.05) is 23.2 Å². The fourth-order valence-corrected chi connectivity index (χ4v) is 2.39.